The Labute approximate surface area is 159 Å². The Balaban J connectivity index is 1.65. The van der Waals surface area contributed by atoms with E-state index in [0.29, 0.717) is 44.7 Å². The number of carboxylic acids is 1. The number of carboxylic acid groups (broad SMARTS) is 1. The fraction of sp³-hybridized carbons (Fsp3) is 0.556. The largest absolute Gasteiger partial charge is 0.481 e. The maximum atomic E-state index is 12.8. The van der Waals surface area contributed by atoms with Gasteiger partial charge in [-0.15, -0.1) is 0 Å². The Morgan fingerprint density at radius 2 is 1.70 bits per heavy atom. The van der Waals surface area contributed by atoms with Crippen LogP contribution in [0, 0.1) is 5.92 Å². The molecule has 2 heterocycles. The van der Waals surface area contributed by atoms with Crippen LogP contribution < -0.4 is 5.32 Å². The van der Waals surface area contributed by atoms with Crippen molar-refractivity contribution in [2.75, 3.05) is 31.5 Å². The van der Waals surface area contributed by atoms with E-state index in [-0.39, 0.29) is 10.9 Å². The minimum Gasteiger partial charge on any atom is -0.481 e. The van der Waals surface area contributed by atoms with Crippen LogP contribution in [0.1, 0.15) is 32.1 Å². The van der Waals surface area contributed by atoms with Crippen molar-refractivity contribution in [3.05, 3.63) is 24.3 Å². The molecular weight excluding hydrogens is 370 g/mol. The lowest BCUT2D eigenvalue weighted by molar-refractivity contribution is -0.143. The molecule has 2 N–H and O–H groups in total. The average Bonchev–Trinajstić information content (AvgIpc) is 2.69. The molecule has 0 aromatic heterocycles. The van der Waals surface area contributed by atoms with E-state index in [2.05, 4.69) is 5.32 Å². The van der Waals surface area contributed by atoms with E-state index in [9.17, 15) is 18.0 Å². The number of nitrogens with zero attached hydrogens (tertiary/aromatic N) is 2. The predicted octanol–water partition coefficient (Wildman–Crippen LogP) is 2.19. The number of nitrogens with one attached hydrogen (secondary N) is 1. The summed E-state index contributed by atoms with van der Waals surface area (Å²) in [4.78, 5) is 25.2. The molecule has 1 aromatic rings. The van der Waals surface area contributed by atoms with Gasteiger partial charge in [0, 0.05) is 31.9 Å². The molecular formula is C18H25N3O5S. The van der Waals surface area contributed by atoms with E-state index in [0.717, 1.165) is 19.3 Å². The third-order valence-electron chi connectivity index (χ3n) is 5.17. The molecule has 2 aliphatic heterocycles. The monoisotopic (exact) mass is 395 g/mol. The summed E-state index contributed by atoms with van der Waals surface area (Å²) >= 11 is 0. The Bertz CT molecular complexity index is 797. The number of aliphatic carboxylic acids is 1. The molecule has 0 spiro atoms. The number of anilines is 1. The van der Waals surface area contributed by atoms with Gasteiger partial charge in [0.05, 0.1) is 10.8 Å². The van der Waals surface area contributed by atoms with Crippen molar-refractivity contribution in [2.45, 2.75) is 37.0 Å². The third-order valence-corrected chi connectivity index (χ3v) is 7.06. The van der Waals surface area contributed by atoms with Crippen LogP contribution in [0.5, 0.6) is 0 Å². The molecule has 2 fully saturated rings. The first kappa shape index (κ1) is 19.6. The van der Waals surface area contributed by atoms with Crippen molar-refractivity contribution < 1.29 is 23.1 Å². The Morgan fingerprint density at radius 1 is 1.04 bits per heavy atom. The van der Waals surface area contributed by atoms with Gasteiger partial charge in [-0.1, -0.05) is 12.5 Å². The summed E-state index contributed by atoms with van der Waals surface area (Å²) in [7, 11) is -3.56. The number of rotatable bonds is 4. The quantitative estimate of drug-likeness (QED) is 0.813. The summed E-state index contributed by atoms with van der Waals surface area (Å²) in [5.74, 6) is -1.24. The second kappa shape index (κ2) is 8.26. The zero-order valence-electron chi connectivity index (χ0n) is 15.1. The number of urea groups is 1. The van der Waals surface area contributed by atoms with Crippen LogP contribution in [-0.2, 0) is 14.8 Å². The zero-order valence-corrected chi connectivity index (χ0v) is 16.0. The Hall–Kier alpha value is -2.13. The molecule has 2 aliphatic rings. The van der Waals surface area contributed by atoms with Crippen molar-refractivity contribution >= 4 is 27.7 Å². The van der Waals surface area contributed by atoms with Gasteiger partial charge in [0.1, 0.15) is 0 Å². The van der Waals surface area contributed by atoms with E-state index < -0.39 is 21.9 Å². The molecule has 9 heteroatoms. The molecule has 0 radical (unpaired) electrons. The van der Waals surface area contributed by atoms with E-state index in [1.165, 1.54) is 16.4 Å². The summed E-state index contributed by atoms with van der Waals surface area (Å²) in [6.07, 6.45) is 3.61. The number of carbonyl (C=O) groups excluding carboxylic acids is 1. The molecule has 0 aliphatic carbocycles. The lowest BCUT2D eigenvalue weighted by Gasteiger charge is -2.30. The van der Waals surface area contributed by atoms with Gasteiger partial charge < -0.3 is 15.3 Å². The molecule has 0 saturated carbocycles. The van der Waals surface area contributed by atoms with E-state index >= 15 is 0 Å². The zero-order chi connectivity index (χ0) is 19.4. The number of carbonyl (C=O) groups is 2. The number of sulfonamides is 1. The highest BCUT2D eigenvalue weighted by Crippen LogP contribution is 2.24. The van der Waals surface area contributed by atoms with Crippen molar-refractivity contribution in [3.8, 4) is 0 Å². The first-order chi connectivity index (χ1) is 12.9. The van der Waals surface area contributed by atoms with Crippen molar-refractivity contribution in [2.24, 2.45) is 5.92 Å². The summed E-state index contributed by atoms with van der Waals surface area (Å²) in [5, 5.41) is 11.8. The number of amides is 2. The van der Waals surface area contributed by atoms with Crippen molar-refractivity contribution in [3.63, 3.8) is 0 Å². The maximum Gasteiger partial charge on any atom is 0.321 e. The van der Waals surface area contributed by atoms with Crippen LogP contribution in [-0.4, -0.2) is 60.9 Å². The number of benzene rings is 1. The molecule has 3 rings (SSSR count). The summed E-state index contributed by atoms with van der Waals surface area (Å²) in [5.41, 5.74) is 0.415. The number of hydrogen-bond acceptors (Lipinski definition) is 4. The van der Waals surface area contributed by atoms with Crippen LogP contribution in [0.4, 0.5) is 10.5 Å². The number of likely N-dealkylation sites (tertiary alicyclic amines) is 1. The van der Waals surface area contributed by atoms with Crippen LogP contribution in [0.15, 0.2) is 29.2 Å². The SMILES string of the molecule is O=C(O)C1CCN(C(=O)Nc2cccc(S(=O)(=O)N3CCCCC3)c2)CC1. The smallest absolute Gasteiger partial charge is 0.321 e. The number of piperidine rings is 2. The third kappa shape index (κ3) is 4.59. The first-order valence-corrected chi connectivity index (χ1v) is 10.7. The minimum atomic E-state index is -3.56. The molecule has 0 bridgehead atoms. The van der Waals surface area contributed by atoms with Gasteiger partial charge >= 0.3 is 12.0 Å². The molecule has 148 valence electrons. The summed E-state index contributed by atoms with van der Waals surface area (Å²) in [6.45, 7) is 1.79. The highest BCUT2D eigenvalue weighted by atomic mass is 32.2. The average molecular weight is 395 g/mol. The summed E-state index contributed by atoms with van der Waals surface area (Å²) in [6, 6.07) is 5.94. The molecule has 0 unspecified atom stereocenters. The van der Waals surface area contributed by atoms with Gasteiger partial charge in [-0.3, -0.25) is 4.79 Å². The second-order valence-corrected chi connectivity index (χ2v) is 8.96. The van der Waals surface area contributed by atoms with Crippen LogP contribution in [0.2, 0.25) is 0 Å². The predicted molar refractivity (Wildman–Crippen MR) is 100 cm³/mol. The molecule has 2 saturated heterocycles. The van der Waals surface area contributed by atoms with Crippen LogP contribution >= 0.6 is 0 Å². The standard InChI is InChI=1S/C18H25N3O5S/c22-17(23)14-7-11-20(12-8-14)18(24)19-15-5-4-6-16(13-15)27(25,26)21-9-2-1-3-10-21/h4-6,13-14H,1-3,7-12H2,(H,19,24)(H,22,23). The van der Waals surface area contributed by atoms with Crippen LogP contribution in [0.25, 0.3) is 0 Å². The van der Waals surface area contributed by atoms with Crippen molar-refractivity contribution in [1.29, 1.82) is 0 Å². The van der Waals surface area contributed by atoms with Gasteiger partial charge in [0.2, 0.25) is 10.0 Å². The van der Waals surface area contributed by atoms with E-state index in [1.807, 2.05) is 0 Å². The van der Waals surface area contributed by atoms with Gasteiger partial charge in [-0.05, 0) is 43.9 Å². The topological polar surface area (TPSA) is 107 Å². The first-order valence-electron chi connectivity index (χ1n) is 9.27. The molecule has 8 nitrogen and oxygen atoms in total. The lowest BCUT2D eigenvalue weighted by Crippen LogP contribution is -2.42. The normalized spacial score (nSPS) is 19.6. The fourth-order valence-electron chi connectivity index (χ4n) is 3.52. The number of hydrogen-bond donors (Lipinski definition) is 2. The lowest BCUT2D eigenvalue weighted by atomic mass is 9.97. The van der Waals surface area contributed by atoms with Gasteiger partial charge in [-0.25, -0.2) is 13.2 Å². The minimum absolute atomic E-state index is 0.173. The molecule has 1 aromatic carbocycles. The Kier molecular flexibility index (Phi) is 6.01. The van der Waals surface area contributed by atoms with Crippen molar-refractivity contribution in [1.82, 2.24) is 9.21 Å². The highest BCUT2D eigenvalue weighted by Gasteiger charge is 2.28. The fourth-order valence-corrected chi connectivity index (χ4v) is 5.08. The molecule has 0 atom stereocenters. The highest BCUT2D eigenvalue weighted by molar-refractivity contribution is 7.89. The van der Waals surface area contributed by atoms with Gasteiger partial charge in [-0.2, -0.15) is 4.31 Å². The van der Waals surface area contributed by atoms with Gasteiger partial charge in [0.15, 0.2) is 0 Å². The molecule has 27 heavy (non-hydrogen) atoms. The van der Waals surface area contributed by atoms with E-state index in [4.69, 9.17) is 5.11 Å². The second-order valence-electron chi connectivity index (χ2n) is 7.02. The van der Waals surface area contributed by atoms with E-state index in [1.54, 1.807) is 17.0 Å². The maximum absolute atomic E-state index is 12.8. The van der Waals surface area contributed by atoms with Gasteiger partial charge in [0.25, 0.3) is 0 Å². The summed E-state index contributed by atoms with van der Waals surface area (Å²) < 4.78 is 27.0. The van der Waals surface area contributed by atoms with Crippen LogP contribution in [0.3, 0.4) is 0 Å². The molecule has 2 amide bonds. The Morgan fingerprint density at radius 3 is 2.33 bits per heavy atom.